The monoisotopic (exact) mass is 418 g/mol. The summed E-state index contributed by atoms with van der Waals surface area (Å²) in [5.74, 6) is 1.58. The van der Waals surface area contributed by atoms with Crippen LogP contribution in [0.5, 0.6) is 0 Å². The third kappa shape index (κ3) is 5.01. The maximum Gasteiger partial charge on any atom is 0.337 e. The summed E-state index contributed by atoms with van der Waals surface area (Å²) in [5, 5.41) is 14.3. The second-order valence-electron chi connectivity index (χ2n) is 8.40. The van der Waals surface area contributed by atoms with Crippen molar-refractivity contribution in [2.45, 2.75) is 70.8 Å². The van der Waals surface area contributed by atoms with E-state index in [2.05, 4.69) is 28.7 Å². The fraction of sp³-hybridized carbons (Fsp3) is 0.440. The standard InChI is InChI=1S/C25H30N4O2/c1-2-3-15-29-23(27-24(28-29)20-7-5-4-6-8-20)16-18-9-11-19(12-10-18)21-13-14-26-17-22(21)25(30)31/h9-14,17,20H,2-8,15-16H2,1H3,(H,30,31). The Hall–Kier alpha value is -3.02. The van der Waals surface area contributed by atoms with Gasteiger partial charge in [0.25, 0.3) is 0 Å². The highest BCUT2D eigenvalue weighted by Crippen LogP contribution is 2.31. The lowest BCUT2D eigenvalue weighted by Crippen LogP contribution is -2.08. The first-order valence-corrected chi connectivity index (χ1v) is 11.4. The van der Waals surface area contributed by atoms with Crippen molar-refractivity contribution in [3.05, 3.63) is 65.5 Å². The van der Waals surface area contributed by atoms with Crippen LogP contribution in [-0.4, -0.2) is 30.8 Å². The van der Waals surface area contributed by atoms with Gasteiger partial charge in [0.2, 0.25) is 0 Å². The molecule has 0 radical (unpaired) electrons. The predicted molar refractivity (Wildman–Crippen MR) is 120 cm³/mol. The van der Waals surface area contributed by atoms with Gasteiger partial charge in [0, 0.05) is 31.3 Å². The molecule has 1 aliphatic rings. The fourth-order valence-electron chi connectivity index (χ4n) is 4.35. The first kappa shape index (κ1) is 21.2. The molecule has 0 saturated heterocycles. The van der Waals surface area contributed by atoms with E-state index in [9.17, 15) is 9.90 Å². The molecule has 0 aliphatic heterocycles. The Bertz CT molecular complexity index is 1020. The summed E-state index contributed by atoms with van der Waals surface area (Å²) in [4.78, 5) is 20.4. The molecule has 4 rings (SSSR count). The van der Waals surface area contributed by atoms with Gasteiger partial charge in [-0.2, -0.15) is 5.10 Å². The van der Waals surface area contributed by atoms with Gasteiger partial charge in [0.15, 0.2) is 5.82 Å². The van der Waals surface area contributed by atoms with Crippen LogP contribution in [0.15, 0.2) is 42.7 Å². The number of carbonyl (C=O) groups is 1. The first-order valence-electron chi connectivity index (χ1n) is 11.4. The molecule has 2 heterocycles. The number of aromatic carboxylic acids is 1. The number of hydrogen-bond donors (Lipinski definition) is 1. The summed E-state index contributed by atoms with van der Waals surface area (Å²) in [5.41, 5.74) is 2.92. The van der Waals surface area contributed by atoms with E-state index < -0.39 is 5.97 Å². The number of rotatable bonds is 8. The van der Waals surface area contributed by atoms with Crippen LogP contribution in [0.2, 0.25) is 0 Å². The number of carboxylic acids is 1. The molecule has 6 nitrogen and oxygen atoms in total. The third-order valence-electron chi connectivity index (χ3n) is 6.14. The summed E-state index contributed by atoms with van der Waals surface area (Å²) < 4.78 is 2.10. The van der Waals surface area contributed by atoms with Gasteiger partial charge in [0.1, 0.15) is 5.82 Å². The lowest BCUT2D eigenvalue weighted by atomic mass is 9.89. The van der Waals surface area contributed by atoms with Crippen molar-refractivity contribution in [1.82, 2.24) is 19.7 Å². The molecule has 0 unspecified atom stereocenters. The van der Waals surface area contributed by atoms with Gasteiger partial charge in [-0.05, 0) is 42.0 Å². The van der Waals surface area contributed by atoms with E-state index in [0.29, 0.717) is 11.5 Å². The maximum atomic E-state index is 11.5. The summed E-state index contributed by atoms with van der Waals surface area (Å²) >= 11 is 0. The number of hydrogen-bond acceptors (Lipinski definition) is 4. The zero-order valence-corrected chi connectivity index (χ0v) is 18.1. The molecule has 6 heteroatoms. The SMILES string of the molecule is CCCCn1nc(C2CCCCC2)nc1Cc1ccc(-c2ccncc2C(=O)O)cc1. The van der Waals surface area contributed by atoms with E-state index in [1.807, 2.05) is 12.1 Å². The lowest BCUT2D eigenvalue weighted by Gasteiger charge is -2.18. The second-order valence-corrected chi connectivity index (χ2v) is 8.40. The number of aromatic nitrogens is 4. The minimum absolute atomic E-state index is 0.215. The molecule has 0 spiro atoms. The first-order chi connectivity index (χ1) is 15.2. The number of nitrogens with zero attached hydrogens (tertiary/aromatic N) is 4. The van der Waals surface area contributed by atoms with E-state index in [1.165, 1.54) is 38.3 Å². The number of benzene rings is 1. The maximum absolute atomic E-state index is 11.5. The average molecular weight is 419 g/mol. The van der Waals surface area contributed by atoms with Gasteiger partial charge in [-0.25, -0.2) is 14.5 Å². The van der Waals surface area contributed by atoms with Gasteiger partial charge >= 0.3 is 5.97 Å². The molecule has 1 aliphatic carbocycles. The van der Waals surface area contributed by atoms with Gasteiger partial charge in [0.05, 0.1) is 5.56 Å². The molecule has 0 bridgehead atoms. The minimum atomic E-state index is -0.966. The molecule has 1 fully saturated rings. The Labute approximate surface area is 183 Å². The number of aryl methyl sites for hydroxylation is 1. The normalized spacial score (nSPS) is 14.6. The molecule has 1 aromatic carbocycles. The van der Waals surface area contributed by atoms with E-state index in [0.717, 1.165) is 48.6 Å². The molecule has 3 aromatic rings. The summed E-state index contributed by atoms with van der Waals surface area (Å²) in [7, 11) is 0. The van der Waals surface area contributed by atoms with Gasteiger partial charge < -0.3 is 5.11 Å². The van der Waals surface area contributed by atoms with E-state index in [4.69, 9.17) is 10.1 Å². The lowest BCUT2D eigenvalue weighted by molar-refractivity contribution is 0.0697. The molecule has 2 aromatic heterocycles. The van der Waals surface area contributed by atoms with Crippen LogP contribution in [0.3, 0.4) is 0 Å². The number of unbranched alkanes of at least 4 members (excludes halogenated alkanes) is 1. The van der Waals surface area contributed by atoms with Crippen molar-refractivity contribution in [1.29, 1.82) is 0 Å². The zero-order chi connectivity index (χ0) is 21.6. The van der Waals surface area contributed by atoms with Crippen molar-refractivity contribution in [2.24, 2.45) is 0 Å². The topological polar surface area (TPSA) is 80.9 Å². The zero-order valence-electron chi connectivity index (χ0n) is 18.1. The third-order valence-corrected chi connectivity index (χ3v) is 6.14. The highest BCUT2D eigenvalue weighted by Gasteiger charge is 2.21. The van der Waals surface area contributed by atoms with Crippen LogP contribution in [-0.2, 0) is 13.0 Å². The second kappa shape index (κ2) is 9.86. The number of carboxylic acid groups (broad SMARTS) is 1. The number of pyridine rings is 1. The highest BCUT2D eigenvalue weighted by molar-refractivity contribution is 5.95. The predicted octanol–water partition coefficient (Wildman–Crippen LogP) is 5.48. The Morgan fingerprint density at radius 1 is 1.13 bits per heavy atom. The highest BCUT2D eigenvalue weighted by atomic mass is 16.4. The van der Waals surface area contributed by atoms with E-state index in [-0.39, 0.29) is 5.56 Å². The fourth-order valence-corrected chi connectivity index (χ4v) is 4.35. The largest absolute Gasteiger partial charge is 0.478 e. The molecule has 1 N–H and O–H groups in total. The molecular formula is C25H30N4O2. The van der Waals surface area contributed by atoms with Crippen LogP contribution in [0.1, 0.15) is 85.4 Å². The molecule has 31 heavy (non-hydrogen) atoms. The van der Waals surface area contributed by atoms with Crippen LogP contribution in [0.25, 0.3) is 11.1 Å². The Kier molecular flexibility index (Phi) is 6.75. The van der Waals surface area contributed by atoms with Gasteiger partial charge in [-0.1, -0.05) is 56.9 Å². The average Bonchev–Trinajstić information content (AvgIpc) is 3.21. The van der Waals surface area contributed by atoms with Crippen molar-refractivity contribution < 1.29 is 9.90 Å². The molecule has 0 amide bonds. The summed E-state index contributed by atoms with van der Waals surface area (Å²) in [6.07, 6.45) is 12.3. The van der Waals surface area contributed by atoms with Crippen LogP contribution in [0, 0.1) is 0 Å². The smallest absolute Gasteiger partial charge is 0.337 e. The van der Waals surface area contributed by atoms with E-state index >= 15 is 0 Å². The minimum Gasteiger partial charge on any atom is -0.478 e. The van der Waals surface area contributed by atoms with Crippen molar-refractivity contribution >= 4 is 5.97 Å². The van der Waals surface area contributed by atoms with Crippen LogP contribution in [0.4, 0.5) is 0 Å². The van der Waals surface area contributed by atoms with Gasteiger partial charge in [-0.3, -0.25) is 4.98 Å². The van der Waals surface area contributed by atoms with Gasteiger partial charge in [-0.15, -0.1) is 0 Å². The summed E-state index contributed by atoms with van der Waals surface area (Å²) in [6, 6.07) is 9.81. The van der Waals surface area contributed by atoms with E-state index in [1.54, 1.807) is 12.3 Å². The quantitative estimate of drug-likeness (QED) is 0.524. The Morgan fingerprint density at radius 3 is 2.61 bits per heavy atom. The molecular weight excluding hydrogens is 388 g/mol. The Morgan fingerprint density at radius 2 is 1.90 bits per heavy atom. The molecule has 162 valence electrons. The van der Waals surface area contributed by atoms with Crippen LogP contribution >= 0.6 is 0 Å². The summed E-state index contributed by atoms with van der Waals surface area (Å²) in [6.45, 7) is 3.10. The van der Waals surface area contributed by atoms with Crippen LogP contribution < -0.4 is 0 Å². The molecule has 1 saturated carbocycles. The van der Waals surface area contributed by atoms with Crippen molar-refractivity contribution in [3.8, 4) is 11.1 Å². The van der Waals surface area contributed by atoms with Crippen molar-refractivity contribution in [2.75, 3.05) is 0 Å². The molecule has 0 atom stereocenters. The van der Waals surface area contributed by atoms with Crippen molar-refractivity contribution in [3.63, 3.8) is 0 Å². The Balaban J connectivity index is 1.56.